The average Bonchev–Trinajstić information content (AvgIpc) is 2.33. The number of rotatable bonds is 8. The molecule has 0 spiro atoms. The third kappa shape index (κ3) is 5.06. The number of hydrogen-bond acceptors (Lipinski definition) is 5. The minimum Gasteiger partial charge on any atom is -0.490 e. The number of nitrogens with zero attached hydrogens (tertiary/aromatic N) is 2. The van der Waals surface area contributed by atoms with E-state index in [9.17, 15) is 0 Å². The highest BCUT2D eigenvalue weighted by Crippen LogP contribution is 2.27. The van der Waals surface area contributed by atoms with Crippen LogP contribution in [0.5, 0.6) is 5.75 Å². The highest BCUT2D eigenvalue weighted by atomic mass is 35.5. The van der Waals surface area contributed by atoms with E-state index in [1.165, 1.54) is 6.33 Å². The molecule has 1 aromatic heterocycles. The van der Waals surface area contributed by atoms with Gasteiger partial charge in [0.1, 0.15) is 6.33 Å². The van der Waals surface area contributed by atoms with Crippen molar-refractivity contribution in [1.82, 2.24) is 9.97 Å². The molecule has 0 saturated heterocycles. The van der Waals surface area contributed by atoms with Crippen LogP contribution in [0.2, 0.25) is 5.15 Å². The minimum atomic E-state index is 0.311. The lowest BCUT2D eigenvalue weighted by Gasteiger charge is -2.11. The fourth-order valence-corrected chi connectivity index (χ4v) is 1.57. The molecular formula is C12H20ClN3O2. The van der Waals surface area contributed by atoms with Crippen LogP contribution in [0.1, 0.15) is 20.3 Å². The summed E-state index contributed by atoms with van der Waals surface area (Å²) in [5.74, 6) is 1.65. The van der Waals surface area contributed by atoms with Crippen LogP contribution in [0, 0.1) is 5.92 Å². The summed E-state index contributed by atoms with van der Waals surface area (Å²) in [6.07, 6.45) is 2.31. The van der Waals surface area contributed by atoms with Gasteiger partial charge in [-0.25, -0.2) is 9.97 Å². The van der Waals surface area contributed by atoms with Crippen LogP contribution in [-0.2, 0) is 4.74 Å². The summed E-state index contributed by atoms with van der Waals surface area (Å²) in [6, 6.07) is 0. The number of hydrogen-bond donors (Lipinski definition) is 1. The van der Waals surface area contributed by atoms with Crippen LogP contribution in [0.3, 0.4) is 0 Å². The molecule has 0 radical (unpaired) electrons. The largest absolute Gasteiger partial charge is 0.490 e. The van der Waals surface area contributed by atoms with E-state index >= 15 is 0 Å². The van der Waals surface area contributed by atoms with Gasteiger partial charge in [0.15, 0.2) is 16.7 Å². The quantitative estimate of drug-likeness (QED) is 0.583. The molecule has 1 N–H and O–H groups in total. The second-order valence-electron chi connectivity index (χ2n) is 4.30. The summed E-state index contributed by atoms with van der Waals surface area (Å²) in [5.41, 5.74) is 0. The molecule has 0 bridgehead atoms. The number of nitrogens with one attached hydrogen (secondary N) is 1. The molecule has 0 aliphatic rings. The molecule has 1 aromatic rings. The fourth-order valence-electron chi connectivity index (χ4n) is 1.36. The van der Waals surface area contributed by atoms with Crippen molar-refractivity contribution in [2.75, 3.05) is 32.2 Å². The van der Waals surface area contributed by atoms with Gasteiger partial charge < -0.3 is 14.8 Å². The Bertz CT molecular complexity index is 361. The highest BCUT2D eigenvalue weighted by Gasteiger charge is 2.09. The van der Waals surface area contributed by atoms with E-state index in [1.807, 2.05) is 0 Å². The Kier molecular flexibility index (Phi) is 6.75. The van der Waals surface area contributed by atoms with Gasteiger partial charge in [-0.3, -0.25) is 0 Å². The standard InChI is InChI=1S/C12H20ClN3O2/c1-9(2)7-18-6-4-5-14-12-10(17-3)11(13)15-8-16-12/h8-9H,4-7H2,1-3H3,(H,14,15,16). The zero-order chi connectivity index (χ0) is 13.4. The number of methoxy groups -OCH3 is 1. The van der Waals surface area contributed by atoms with E-state index in [2.05, 4.69) is 29.1 Å². The van der Waals surface area contributed by atoms with Gasteiger partial charge >= 0.3 is 0 Å². The number of aromatic nitrogens is 2. The molecule has 18 heavy (non-hydrogen) atoms. The molecule has 0 unspecified atom stereocenters. The molecule has 0 fully saturated rings. The predicted molar refractivity (Wildman–Crippen MR) is 72.4 cm³/mol. The van der Waals surface area contributed by atoms with Gasteiger partial charge in [0, 0.05) is 19.8 Å². The van der Waals surface area contributed by atoms with E-state index in [1.54, 1.807) is 7.11 Å². The minimum absolute atomic E-state index is 0.311. The number of ether oxygens (including phenoxy) is 2. The lowest BCUT2D eigenvalue weighted by atomic mass is 10.2. The predicted octanol–water partition coefficient (Wildman–Crippen LogP) is 2.61. The lowest BCUT2D eigenvalue weighted by molar-refractivity contribution is 0.110. The van der Waals surface area contributed by atoms with Crippen LogP contribution in [0.25, 0.3) is 0 Å². The van der Waals surface area contributed by atoms with Gasteiger partial charge in [-0.1, -0.05) is 25.4 Å². The average molecular weight is 274 g/mol. The van der Waals surface area contributed by atoms with Gasteiger partial charge in [0.25, 0.3) is 0 Å². The first-order chi connectivity index (χ1) is 8.65. The van der Waals surface area contributed by atoms with Crippen molar-refractivity contribution in [2.45, 2.75) is 20.3 Å². The molecule has 0 aliphatic heterocycles. The van der Waals surface area contributed by atoms with Gasteiger partial charge in [-0.15, -0.1) is 0 Å². The van der Waals surface area contributed by atoms with Crippen molar-refractivity contribution in [3.63, 3.8) is 0 Å². The van der Waals surface area contributed by atoms with Crippen molar-refractivity contribution < 1.29 is 9.47 Å². The Hall–Kier alpha value is -1.07. The van der Waals surface area contributed by atoms with Crippen molar-refractivity contribution in [3.05, 3.63) is 11.5 Å². The monoisotopic (exact) mass is 273 g/mol. The first-order valence-corrected chi connectivity index (χ1v) is 6.39. The van der Waals surface area contributed by atoms with E-state index < -0.39 is 0 Å². The smallest absolute Gasteiger partial charge is 0.198 e. The van der Waals surface area contributed by atoms with E-state index in [-0.39, 0.29) is 0 Å². The molecular weight excluding hydrogens is 254 g/mol. The van der Waals surface area contributed by atoms with Crippen LogP contribution in [0.15, 0.2) is 6.33 Å². The summed E-state index contributed by atoms with van der Waals surface area (Å²) in [5, 5.41) is 3.46. The topological polar surface area (TPSA) is 56.3 Å². The second kappa shape index (κ2) is 8.11. The van der Waals surface area contributed by atoms with Crippen LogP contribution < -0.4 is 10.1 Å². The Morgan fingerprint density at radius 2 is 2.17 bits per heavy atom. The highest BCUT2D eigenvalue weighted by molar-refractivity contribution is 6.31. The molecule has 1 heterocycles. The molecule has 0 atom stereocenters. The summed E-state index contributed by atoms with van der Waals surface area (Å²) in [7, 11) is 1.54. The summed E-state index contributed by atoms with van der Waals surface area (Å²) < 4.78 is 10.6. The Morgan fingerprint density at radius 3 is 2.83 bits per heavy atom. The van der Waals surface area contributed by atoms with Gasteiger partial charge in [-0.2, -0.15) is 0 Å². The Morgan fingerprint density at radius 1 is 1.39 bits per heavy atom. The van der Waals surface area contributed by atoms with Gasteiger partial charge in [0.05, 0.1) is 7.11 Å². The lowest BCUT2D eigenvalue weighted by Crippen LogP contribution is -2.10. The molecule has 6 heteroatoms. The van der Waals surface area contributed by atoms with E-state index in [0.717, 1.165) is 26.2 Å². The molecule has 102 valence electrons. The first kappa shape index (κ1) is 15.0. The van der Waals surface area contributed by atoms with Crippen molar-refractivity contribution in [1.29, 1.82) is 0 Å². The van der Waals surface area contributed by atoms with Crippen molar-refractivity contribution in [2.24, 2.45) is 5.92 Å². The van der Waals surface area contributed by atoms with Gasteiger partial charge in [-0.05, 0) is 12.3 Å². The number of anilines is 1. The Labute approximate surface area is 113 Å². The molecule has 0 aromatic carbocycles. The maximum atomic E-state index is 5.89. The third-order valence-electron chi connectivity index (χ3n) is 2.17. The fraction of sp³-hybridized carbons (Fsp3) is 0.667. The molecule has 0 saturated carbocycles. The summed E-state index contributed by atoms with van der Waals surface area (Å²) >= 11 is 5.89. The van der Waals surface area contributed by atoms with E-state index in [0.29, 0.717) is 22.6 Å². The molecule has 1 rings (SSSR count). The van der Waals surface area contributed by atoms with Gasteiger partial charge in [0.2, 0.25) is 0 Å². The molecule has 0 aliphatic carbocycles. The summed E-state index contributed by atoms with van der Waals surface area (Å²) in [6.45, 7) is 6.54. The first-order valence-electron chi connectivity index (χ1n) is 6.01. The van der Waals surface area contributed by atoms with Crippen molar-refractivity contribution in [3.8, 4) is 5.75 Å². The molecule has 5 nitrogen and oxygen atoms in total. The third-order valence-corrected chi connectivity index (χ3v) is 2.44. The number of halogens is 1. The summed E-state index contributed by atoms with van der Waals surface area (Å²) in [4.78, 5) is 7.94. The Balaban J connectivity index is 2.29. The second-order valence-corrected chi connectivity index (χ2v) is 4.65. The maximum Gasteiger partial charge on any atom is 0.198 e. The van der Waals surface area contributed by atoms with Crippen LogP contribution >= 0.6 is 11.6 Å². The maximum absolute atomic E-state index is 5.89. The normalized spacial score (nSPS) is 10.7. The molecule has 0 amide bonds. The van der Waals surface area contributed by atoms with Crippen LogP contribution in [-0.4, -0.2) is 36.8 Å². The SMILES string of the molecule is COc1c(Cl)ncnc1NCCCOCC(C)C. The van der Waals surface area contributed by atoms with E-state index in [4.69, 9.17) is 21.1 Å². The zero-order valence-electron chi connectivity index (χ0n) is 11.1. The van der Waals surface area contributed by atoms with Crippen molar-refractivity contribution >= 4 is 17.4 Å². The van der Waals surface area contributed by atoms with Crippen LogP contribution in [0.4, 0.5) is 5.82 Å². The zero-order valence-corrected chi connectivity index (χ0v) is 11.8.